The third kappa shape index (κ3) is 5.14. The van der Waals surface area contributed by atoms with Crippen LogP contribution < -0.4 is 4.74 Å². The van der Waals surface area contributed by atoms with Crippen molar-refractivity contribution in [2.45, 2.75) is 13.3 Å². The van der Waals surface area contributed by atoms with Gasteiger partial charge in [0.2, 0.25) is 0 Å². The Hall–Kier alpha value is -1.07. The number of hydrogen-bond donors (Lipinski definition) is 0. The first-order valence-electron chi connectivity index (χ1n) is 5.07. The van der Waals surface area contributed by atoms with Crippen molar-refractivity contribution in [3.05, 3.63) is 29.8 Å². The summed E-state index contributed by atoms with van der Waals surface area (Å²) in [6.07, 6.45) is 1.62. The van der Waals surface area contributed by atoms with Crippen LogP contribution in [0.3, 0.4) is 0 Å². The van der Waals surface area contributed by atoms with Crippen LogP contribution in [0, 0.1) is 0 Å². The molecule has 1 rings (SSSR count). The summed E-state index contributed by atoms with van der Waals surface area (Å²) in [5.74, 6) is 0.815. The molecule has 0 aromatic heterocycles. The summed E-state index contributed by atoms with van der Waals surface area (Å²) in [5.41, 5.74) is 1.02. The normalized spacial score (nSPS) is 11.4. The van der Waals surface area contributed by atoms with Crippen molar-refractivity contribution < 1.29 is 17.3 Å². The molecule has 0 bridgehead atoms. The zero-order valence-electron chi connectivity index (χ0n) is 9.47. The van der Waals surface area contributed by atoms with Crippen LogP contribution in [0.2, 0.25) is 0 Å². The summed E-state index contributed by atoms with van der Waals surface area (Å²) in [6.45, 7) is 2.73. The van der Waals surface area contributed by atoms with Gasteiger partial charge in [0.25, 0.3) is 10.1 Å². The zero-order chi connectivity index (χ0) is 12.0. The highest BCUT2D eigenvalue weighted by Crippen LogP contribution is 2.12. The molecule has 0 saturated carbocycles. The van der Waals surface area contributed by atoms with Crippen LogP contribution in [0.5, 0.6) is 5.75 Å². The number of ether oxygens (including phenoxy) is 1. The molecule has 16 heavy (non-hydrogen) atoms. The van der Waals surface area contributed by atoms with Gasteiger partial charge in [-0.3, -0.25) is 4.18 Å². The molecule has 0 heterocycles. The molecule has 0 aliphatic heterocycles. The molecular formula is C11H16O4S. The van der Waals surface area contributed by atoms with Gasteiger partial charge in [-0.2, -0.15) is 8.42 Å². The van der Waals surface area contributed by atoms with Gasteiger partial charge in [-0.25, -0.2) is 0 Å². The second-order valence-electron chi connectivity index (χ2n) is 3.35. The van der Waals surface area contributed by atoms with E-state index >= 15 is 0 Å². The van der Waals surface area contributed by atoms with Crippen LogP contribution in [0.4, 0.5) is 0 Å². The Labute approximate surface area is 96.3 Å². The Morgan fingerprint density at radius 1 is 1.19 bits per heavy atom. The molecule has 0 N–H and O–H groups in total. The van der Waals surface area contributed by atoms with Crippen molar-refractivity contribution in [1.82, 2.24) is 0 Å². The minimum atomic E-state index is -3.34. The molecule has 0 amide bonds. The van der Waals surface area contributed by atoms with E-state index < -0.39 is 10.1 Å². The predicted octanol–water partition coefficient (Wildman–Crippen LogP) is 1.60. The standard InChI is InChI=1S/C11H16O4S/c1-3-14-11-6-4-10(5-7-11)8-9-15-16(2,12)13/h4-7H,3,8-9H2,1-2H3. The van der Waals surface area contributed by atoms with E-state index in [1.54, 1.807) is 0 Å². The third-order valence-corrected chi connectivity index (χ3v) is 2.52. The maximum Gasteiger partial charge on any atom is 0.264 e. The van der Waals surface area contributed by atoms with Crippen LogP contribution in [-0.4, -0.2) is 27.9 Å². The molecule has 1 aromatic rings. The lowest BCUT2D eigenvalue weighted by molar-refractivity contribution is 0.325. The number of benzene rings is 1. The first kappa shape index (κ1) is 13.0. The van der Waals surface area contributed by atoms with Gasteiger partial charge in [0.05, 0.1) is 19.5 Å². The van der Waals surface area contributed by atoms with E-state index in [0.717, 1.165) is 17.6 Å². The highest BCUT2D eigenvalue weighted by atomic mass is 32.2. The van der Waals surface area contributed by atoms with E-state index in [1.807, 2.05) is 31.2 Å². The molecule has 0 unspecified atom stereocenters. The first-order chi connectivity index (χ1) is 7.51. The minimum Gasteiger partial charge on any atom is -0.494 e. The van der Waals surface area contributed by atoms with E-state index in [9.17, 15) is 8.42 Å². The average Bonchev–Trinajstić information content (AvgIpc) is 2.19. The predicted molar refractivity (Wildman–Crippen MR) is 62.1 cm³/mol. The lowest BCUT2D eigenvalue weighted by Crippen LogP contribution is -2.06. The largest absolute Gasteiger partial charge is 0.494 e. The Morgan fingerprint density at radius 2 is 1.81 bits per heavy atom. The van der Waals surface area contributed by atoms with E-state index in [1.165, 1.54) is 0 Å². The SMILES string of the molecule is CCOc1ccc(CCOS(C)(=O)=O)cc1. The van der Waals surface area contributed by atoms with Crippen LogP contribution in [0.1, 0.15) is 12.5 Å². The van der Waals surface area contributed by atoms with Gasteiger partial charge in [0.15, 0.2) is 0 Å². The van der Waals surface area contributed by atoms with Crippen LogP contribution in [0.15, 0.2) is 24.3 Å². The van der Waals surface area contributed by atoms with Gasteiger partial charge < -0.3 is 4.74 Å². The van der Waals surface area contributed by atoms with Crippen LogP contribution >= 0.6 is 0 Å². The van der Waals surface area contributed by atoms with Gasteiger partial charge in [-0.15, -0.1) is 0 Å². The highest BCUT2D eigenvalue weighted by molar-refractivity contribution is 7.85. The average molecular weight is 244 g/mol. The minimum absolute atomic E-state index is 0.173. The fourth-order valence-electron chi connectivity index (χ4n) is 1.23. The van der Waals surface area contributed by atoms with E-state index in [0.29, 0.717) is 13.0 Å². The maximum absolute atomic E-state index is 10.7. The van der Waals surface area contributed by atoms with Crippen molar-refractivity contribution in [3.8, 4) is 5.75 Å². The molecule has 90 valence electrons. The summed E-state index contributed by atoms with van der Waals surface area (Å²) in [6, 6.07) is 7.52. The van der Waals surface area contributed by atoms with Crippen molar-refractivity contribution in [2.24, 2.45) is 0 Å². The van der Waals surface area contributed by atoms with E-state index in [-0.39, 0.29) is 6.61 Å². The molecule has 0 radical (unpaired) electrons. The topological polar surface area (TPSA) is 52.6 Å². The van der Waals surface area contributed by atoms with Crippen molar-refractivity contribution in [1.29, 1.82) is 0 Å². The summed E-state index contributed by atoms with van der Waals surface area (Å²) < 4.78 is 31.4. The molecule has 0 spiro atoms. The van der Waals surface area contributed by atoms with Gasteiger partial charge in [0, 0.05) is 0 Å². The second kappa shape index (κ2) is 5.86. The Kier molecular flexibility index (Phi) is 4.76. The molecular weight excluding hydrogens is 228 g/mol. The maximum atomic E-state index is 10.7. The molecule has 0 saturated heterocycles. The Bertz CT molecular complexity index is 408. The van der Waals surface area contributed by atoms with Gasteiger partial charge in [-0.05, 0) is 31.0 Å². The van der Waals surface area contributed by atoms with Crippen LogP contribution in [0.25, 0.3) is 0 Å². The summed E-state index contributed by atoms with van der Waals surface area (Å²) in [7, 11) is -3.34. The fraction of sp³-hybridized carbons (Fsp3) is 0.455. The smallest absolute Gasteiger partial charge is 0.264 e. The van der Waals surface area contributed by atoms with E-state index in [4.69, 9.17) is 4.74 Å². The molecule has 0 aliphatic carbocycles. The number of hydrogen-bond acceptors (Lipinski definition) is 4. The zero-order valence-corrected chi connectivity index (χ0v) is 10.3. The van der Waals surface area contributed by atoms with Crippen molar-refractivity contribution >= 4 is 10.1 Å². The van der Waals surface area contributed by atoms with Gasteiger partial charge >= 0.3 is 0 Å². The number of rotatable bonds is 6. The molecule has 0 atom stereocenters. The van der Waals surface area contributed by atoms with Crippen molar-refractivity contribution in [3.63, 3.8) is 0 Å². The highest BCUT2D eigenvalue weighted by Gasteiger charge is 2.01. The molecule has 0 fully saturated rings. The quantitative estimate of drug-likeness (QED) is 0.713. The summed E-state index contributed by atoms with van der Waals surface area (Å²) >= 11 is 0. The molecule has 5 heteroatoms. The third-order valence-electron chi connectivity index (χ3n) is 1.92. The second-order valence-corrected chi connectivity index (χ2v) is 5.00. The molecule has 4 nitrogen and oxygen atoms in total. The lowest BCUT2D eigenvalue weighted by atomic mass is 10.1. The lowest BCUT2D eigenvalue weighted by Gasteiger charge is -2.05. The monoisotopic (exact) mass is 244 g/mol. The van der Waals surface area contributed by atoms with E-state index in [2.05, 4.69) is 4.18 Å². The van der Waals surface area contributed by atoms with Crippen molar-refractivity contribution in [2.75, 3.05) is 19.5 Å². The Balaban J connectivity index is 2.43. The van der Waals surface area contributed by atoms with Crippen LogP contribution in [-0.2, 0) is 20.7 Å². The summed E-state index contributed by atoms with van der Waals surface area (Å²) in [5, 5.41) is 0. The molecule has 1 aromatic carbocycles. The summed E-state index contributed by atoms with van der Waals surface area (Å²) in [4.78, 5) is 0. The first-order valence-corrected chi connectivity index (χ1v) is 6.89. The van der Waals surface area contributed by atoms with Gasteiger partial charge in [0.1, 0.15) is 5.75 Å². The van der Waals surface area contributed by atoms with Gasteiger partial charge in [-0.1, -0.05) is 12.1 Å². The fourth-order valence-corrected chi connectivity index (χ4v) is 1.62. The molecule has 0 aliphatic rings. The Morgan fingerprint density at radius 3 is 2.31 bits per heavy atom.